The van der Waals surface area contributed by atoms with Gasteiger partial charge in [-0.1, -0.05) is 47.8 Å². The van der Waals surface area contributed by atoms with Crippen molar-refractivity contribution in [3.8, 4) is 5.75 Å². The lowest BCUT2D eigenvalue weighted by Gasteiger charge is -2.22. The van der Waals surface area contributed by atoms with E-state index in [1.807, 2.05) is 26.8 Å². The molecule has 2 heterocycles. The smallest absolute Gasteiger partial charge is 0.271 e. The molecular formula is C21H23Cl3N4O2. The number of ether oxygens (including phenoxy) is 1. The lowest BCUT2D eigenvalue weighted by molar-refractivity contribution is 0.0938. The number of benzene rings is 1. The van der Waals surface area contributed by atoms with Crippen LogP contribution in [0.5, 0.6) is 5.75 Å². The number of aromatic nitrogens is 2. The number of nitrogens with one attached hydrogen (secondary N) is 1. The Morgan fingerprint density at radius 2 is 1.97 bits per heavy atom. The van der Waals surface area contributed by atoms with E-state index in [1.54, 1.807) is 28.8 Å². The van der Waals surface area contributed by atoms with Crippen molar-refractivity contribution in [3.05, 3.63) is 62.5 Å². The number of carbonyl (C=O) groups excluding carboxylic acids is 1. The number of rotatable bonds is 7. The van der Waals surface area contributed by atoms with Gasteiger partial charge in [-0.25, -0.2) is 4.98 Å². The van der Waals surface area contributed by atoms with Gasteiger partial charge in [-0.15, -0.1) is 0 Å². The third-order valence-corrected chi connectivity index (χ3v) is 5.86. The van der Waals surface area contributed by atoms with Gasteiger partial charge in [0.05, 0.1) is 0 Å². The number of carbonyl (C=O) groups is 1. The van der Waals surface area contributed by atoms with E-state index in [2.05, 4.69) is 10.3 Å². The summed E-state index contributed by atoms with van der Waals surface area (Å²) >= 11 is 18.8. The first kappa shape index (κ1) is 22.7. The Balaban J connectivity index is 1.93. The molecule has 1 amide bonds. The van der Waals surface area contributed by atoms with E-state index < -0.39 is 5.54 Å². The van der Waals surface area contributed by atoms with Crippen LogP contribution < -0.4 is 15.8 Å². The topological polar surface area (TPSA) is 81.6 Å². The van der Waals surface area contributed by atoms with Crippen molar-refractivity contribution < 1.29 is 9.53 Å². The lowest BCUT2D eigenvalue weighted by Crippen LogP contribution is -2.47. The van der Waals surface area contributed by atoms with Crippen molar-refractivity contribution in [2.75, 3.05) is 6.54 Å². The second-order valence-corrected chi connectivity index (χ2v) is 8.68. The zero-order valence-electron chi connectivity index (χ0n) is 16.9. The molecule has 3 aromatic rings. The van der Waals surface area contributed by atoms with Gasteiger partial charge in [-0.05, 0) is 44.0 Å². The molecule has 0 spiro atoms. The van der Waals surface area contributed by atoms with Gasteiger partial charge in [0.15, 0.2) is 22.2 Å². The Morgan fingerprint density at radius 1 is 1.30 bits per heavy atom. The number of pyridine rings is 1. The van der Waals surface area contributed by atoms with E-state index in [0.717, 1.165) is 12.0 Å². The molecule has 3 N–H and O–H groups in total. The number of hydrogen-bond acceptors (Lipinski definition) is 4. The average molecular weight is 470 g/mol. The average Bonchev–Trinajstić information content (AvgIpc) is 3.01. The number of imidazole rings is 1. The molecule has 9 heteroatoms. The maximum Gasteiger partial charge on any atom is 0.271 e. The largest absolute Gasteiger partial charge is 0.485 e. The van der Waals surface area contributed by atoms with Gasteiger partial charge in [0, 0.05) is 33.9 Å². The summed E-state index contributed by atoms with van der Waals surface area (Å²) in [5, 5.41) is 3.93. The molecule has 6 nitrogen and oxygen atoms in total. The fourth-order valence-corrected chi connectivity index (χ4v) is 3.60. The van der Waals surface area contributed by atoms with Gasteiger partial charge in [0.2, 0.25) is 0 Å². The monoisotopic (exact) mass is 468 g/mol. The van der Waals surface area contributed by atoms with Crippen LogP contribution in [0, 0.1) is 6.92 Å². The van der Waals surface area contributed by atoms with E-state index in [4.69, 9.17) is 45.3 Å². The number of nitrogens with two attached hydrogens (primary N) is 1. The first-order valence-corrected chi connectivity index (χ1v) is 10.6. The molecule has 1 unspecified atom stereocenters. The Morgan fingerprint density at radius 3 is 2.60 bits per heavy atom. The molecule has 0 aliphatic heterocycles. The van der Waals surface area contributed by atoms with Crippen LogP contribution in [-0.2, 0) is 6.61 Å². The summed E-state index contributed by atoms with van der Waals surface area (Å²) in [7, 11) is 0. The zero-order chi connectivity index (χ0) is 22.1. The predicted octanol–water partition coefficient (Wildman–Crippen LogP) is 5.04. The Hall–Kier alpha value is -1.99. The van der Waals surface area contributed by atoms with Crippen LogP contribution in [0.4, 0.5) is 0 Å². The van der Waals surface area contributed by atoms with Crippen LogP contribution in [0.15, 0.2) is 30.5 Å². The van der Waals surface area contributed by atoms with E-state index >= 15 is 0 Å². The minimum absolute atomic E-state index is 0.0777. The standard InChI is InChI=1S/C21H23Cl3N4O2/c1-4-21(3,25)11-26-20(29)17-18(24)27-19-16(8-12(2)9-28(17)19)30-10-13-14(22)6-5-7-15(13)23/h5-9H,4,10-11,25H2,1-3H3,(H,26,29). The molecule has 1 atom stereocenters. The molecule has 0 saturated carbocycles. The van der Waals surface area contributed by atoms with E-state index in [1.165, 1.54) is 0 Å². The second kappa shape index (κ2) is 9.02. The SMILES string of the molecule is CCC(C)(N)CNC(=O)c1c(Cl)nc2c(OCc3c(Cl)cccc3Cl)cc(C)cn12. The summed E-state index contributed by atoms with van der Waals surface area (Å²) < 4.78 is 7.59. The van der Waals surface area contributed by atoms with Gasteiger partial charge < -0.3 is 15.8 Å². The van der Waals surface area contributed by atoms with Gasteiger partial charge in [-0.2, -0.15) is 0 Å². The van der Waals surface area contributed by atoms with Crippen LogP contribution >= 0.6 is 34.8 Å². The molecule has 3 rings (SSSR count). The third-order valence-electron chi connectivity index (χ3n) is 4.89. The maximum absolute atomic E-state index is 12.8. The van der Waals surface area contributed by atoms with Gasteiger partial charge >= 0.3 is 0 Å². The molecule has 0 bridgehead atoms. The lowest BCUT2D eigenvalue weighted by atomic mass is 10.0. The summed E-state index contributed by atoms with van der Waals surface area (Å²) in [6, 6.07) is 7.07. The molecule has 0 aliphatic carbocycles. The summed E-state index contributed by atoms with van der Waals surface area (Å²) in [4.78, 5) is 17.1. The van der Waals surface area contributed by atoms with Gasteiger partial charge in [-0.3, -0.25) is 9.20 Å². The van der Waals surface area contributed by atoms with Gasteiger partial charge in [0.25, 0.3) is 5.91 Å². The minimum atomic E-state index is -0.513. The minimum Gasteiger partial charge on any atom is -0.485 e. The number of fused-ring (bicyclic) bond motifs is 1. The number of hydrogen-bond donors (Lipinski definition) is 2. The van der Waals surface area contributed by atoms with Crippen molar-refractivity contribution in [1.82, 2.24) is 14.7 Å². The Kier molecular flexibility index (Phi) is 6.82. The van der Waals surface area contributed by atoms with Crippen molar-refractivity contribution in [3.63, 3.8) is 0 Å². The predicted molar refractivity (Wildman–Crippen MR) is 121 cm³/mol. The Labute approximate surface area is 190 Å². The van der Waals surface area contributed by atoms with E-state index in [0.29, 0.717) is 33.6 Å². The molecule has 0 saturated heterocycles. The molecule has 1 aromatic carbocycles. The van der Waals surface area contributed by atoms with Crippen LogP contribution in [-0.4, -0.2) is 27.4 Å². The molecule has 0 radical (unpaired) electrons. The van der Waals surface area contributed by atoms with Gasteiger partial charge in [0.1, 0.15) is 6.61 Å². The normalized spacial score (nSPS) is 13.3. The highest BCUT2D eigenvalue weighted by molar-refractivity contribution is 6.36. The van der Waals surface area contributed by atoms with Crippen LogP contribution in [0.25, 0.3) is 5.65 Å². The van der Waals surface area contributed by atoms with Crippen LogP contribution in [0.3, 0.4) is 0 Å². The molecular weight excluding hydrogens is 447 g/mol. The summed E-state index contributed by atoms with van der Waals surface area (Å²) in [5.74, 6) is 0.104. The quantitative estimate of drug-likeness (QED) is 0.508. The van der Waals surface area contributed by atoms with Crippen molar-refractivity contribution >= 4 is 46.4 Å². The highest BCUT2D eigenvalue weighted by Crippen LogP contribution is 2.30. The van der Waals surface area contributed by atoms with E-state index in [-0.39, 0.29) is 23.4 Å². The summed E-state index contributed by atoms with van der Waals surface area (Å²) in [5.41, 5.74) is 7.79. The molecule has 2 aromatic heterocycles. The molecule has 0 aliphatic rings. The number of nitrogens with zero attached hydrogens (tertiary/aromatic N) is 2. The summed E-state index contributed by atoms with van der Waals surface area (Å²) in [6.45, 7) is 6.18. The van der Waals surface area contributed by atoms with Crippen LogP contribution in [0.2, 0.25) is 15.2 Å². The molecule has 0 fully saturated rings. The number of amides is 1. The van der Waals surface area contributed by atoms with Crippen LogP contribution in [0.1, 0.15) is 41.9 Å². The fourth-order valence-electron chi connectivity index (χ4n) is 2.84. The molecule has 160 valence electrons. The highest BCUT2D eigenvalue weighted by atomic mass is 35.5. The second-order valence-electron chi connectivity index (χ2n) is 7.51. The summed E-state index contributed by atoms with van der Waals surface area (Å²) in [6.07, 6.45) is 2.50. The Bertz CT molecular complexity index is 1080. The third kappa shape index (κ3) is 4.83. The van der Waals surface area contributed by atoms with E-state index in [9.17, 15) is 4.79 Å². The fraction of sp³-hybridized carbons (Fsp3) is 0.333. The first-order chi connectivity index (χ1) is 14.1. The highest BCUT2D eigenvalue weighted by Gasteiger charge is 2.23. The zero-order valence-corrected chi connectivity index (χ0v) is 19.2. The number of aryl methyl sites for hydroxylation is 1. The molecule has 30 heavy (non-hydrogen) atoms. The maximum atomic E-state index is 12.8. The van der Waals surface area contributed by atoms with Crippen molar-refractivity contribution in [2.45, 2.75) is 39.3 Å². The number of halogens is 3. The van der Waals surface area contributed by atoms with Crippen molar-refractivity contribution in [2.24, 2.45) is 5.73 Å². The van der Waals surface area contributed by atoms with Crippen molar-refractivity contribution in [1.29, 1.82) is 0 Å². The first-order valence-electron chi connectivity index (χ1n) is 9.44.